The molecule has 2 aromatic carbocycles. The molecule has 3 aromatic heterocycles. The predicted octanol–water partition coefficient (Wildman–Crippen LogP) is 4.62. The lowest BCUT2D eigenvalue weighted by atomic mass is 10.1. The van der Waals surface area contributed by atoms with Gasteiger partial charge in [-0.05, 0) is 68.8 Å². The molecule has 0 unspecified atom stereocenters. The van der Waals surface area contributed by atoms with Gasteiger partial charge in [0.25, 0.3) is 0 Å². The van der Waals surface area contributed by atoms with E-state index in [1.54, 1.807) is 23.0 Å². The summed E-state index contributed by atoms with van der Waals surface area (Å²) in [5.41, 5.74) is 4.77. The highest BCUT2D eigenvalue weighted by molar-refractivity contribution is 5.91. The number of hydrogen-bond donors (Lipinski definition) is 3. The molecule has 5 aromatic rings. The van der Waals surface area contributed by atoms with Gasteiger partial charge in [0.15, 0.2) is 5.82 Å². The molecule has 194 valence electrons. The van der Waals surface area contributed by atoms with Crippen molar-refractivity contribution >= 4 is 39.7 Å². The first-order valence-corrected chi connectivity index (χ1v) is 12.5. The summed E-state index contributed by atoms with van der Waals surface area (Å²) in [4.78, 5) is 17.0. The van der Waals surface area contributed by atoms with Crippen molar-refractivity contribution in [1.82, 2.24) is 29.7 Å². The monoisotopic (exact) mass is 514 g/mol. The number of hydrogen-bond acceptors (Lipinski definition) is 7. The van der Waals surface area contributed by atoms with Crippen LogP contribution in [0.5, 0.6) is 0 Å². The quantitative estimate of drug-likeness (QED) is 0.303. The molecular weight excluding hydrogens is 487 g/mol. The van der Waals surface area contributed by atoms with Gasteiger partial charge in [-0.25, -0.2) is 18.7 Å². The first-order chi connectivity index (χ1) is 18.5. The first-order valence-electron chi connectivity index (χ1n) is 12.5. The van der Waals surface area contributed by atoms with Gasteiger partial charge in [-0.15, -0.1) is 0 Å². The van der Waals surface area contributed by atoms with Crippen molar-refractivity contribution in [1.29, 1.82) is 0 Å². The fraction of sp³-hybridized carbons (Fsp3) is 0.259. The zero-order chi connectivity index (χ0) is 26.1. The number of benzene rings is 2. The molecule has 0 atom stereocenters. The van der Waals surface area contributed by atoms with Gasteiger partial charge in [0.1, 0.15) is 23.8 Å². The summed E-state index contributed by atoms with van der Waals surface area (Å²) >= 11 is 0. The van der Waals surface area contributed by atoms with Gasteiger partial charge in [0.2, 0.25) is 0 Å². The highest BCUT2D eigenvalue weighted by Gasteiger charge is 2.20. The standard InChI is InChI=1S/C27H27FN8O2/c1-17-23(34-27(37)38-22-7-9-29-10-8-22)15-36-25(17)26(30-16-32-36)33-21-5-6-24-19(12-21)13-31-35(24)14-18-3-2-4-20(28)11-18/h2-6,11-13,15-16,22,29H,7-10,14H2,1H3,(H,34,37)(H,30,32,33). The molecule has 1 fully saturated rings. The Hall–Kier alpha value is -4.51. The molecule has 0 bridgehead atoms. The SMILES string of the molecule is Cc1c(NC(=O)OC2CCNCC2)cn2ncnc(Nc3ccc4c(cnn4Cc4cccc(F)c4)c3)c12. The molecule has 0 aliphatic carbocycles. The Kier molecular flexibility index (Phi) is 6.34. The van der Waals surface area contributed by atoms with Gasteiger partial charge in [-0.2, -0.15) is 10.2 Å². The number of anilines is 3. The van der Waals surface area contributed by atoms with Gasteiger partial charge in [-0.3, -0.25) is 10.00 Å². The van der Waals surface area contributed by atoms with Crippen LogP contribution in [0.15, 0.2) is 61.2 Å². The molecule has 1 saturated heterocycles. The van der Waals surface area contributed by atoms with Crippen molar-refractivity contribution in [2.75, 3.05) is 23.7 Å². The third kappa shape index (κ3) is 4.88. The average Bonchev–Trinajstić information content (AvgIpc) is 3.45. The summed E-state index contributed by atoms with van der Waals surface area (Å²) in [5.74, 6) is 0.336. The number of halogens is 1. The third-order valence-electron chi connectivity index (χ3n) is 6.75. The summed E-state index contributed by atoms with van der Waals surface area (Å²) in [7, 11) is 0. The van der Waals surface area contributed by atoms with Crippen LogP contribution < -0.4 is 16.0 Å². The van der Waals surface area contributed by atoms with Gasteiger partial charge in [-0.1, -0.05) is 12.1 Å². The molecule has 0 spiro atoms. The number of ether oxygens (including phenoxy) is 1. The first kappa shape index (κ1) is 23.9. The van der Waals surface area contributed by atoms with E-state index in [2.05, 4.69) is 31.1 Å². The van der Waals surface area contributed by atoms with Crippen molar-refractivity contribution in [2.45, 2.75) is 32.4 Å². The Morgan fingerprint density at radius 2 is 2.05 bits per heavy atom. The highest BCUT2D eigenvalue weighted by atomic mass is 19.1. The van der Waals surface area contributed by atoms with Crippen molar-refractivity contribution in [3.63, 3.8) is 0 Å². The molecule has 3 N–H and O–H groups in total. The fourth-order valence-corrected chi connectivity index (χ4v) is 4.82. The Labute approximate surface area is 217 Å². The number of nitrogens with one attached hydrogen (secondary N) is 3. The van der Waals surface area contributed by atoms with E-state index in [0.717, 1.165) is 59.2 Å². The lowest BCUT2D eigenvalue weighted by Gasteiger charge is -2.22. The topological polar surface area (TPSA) is 110 Å². The van der Waals surface area contributed by atoms with E-state index in [1.165, 1.54) is 18.5 Å². The predicted molar refractivity (Wildman–Crippen MR) is 142 cm³/mol. The smallest absolute Gasteiger partial charge is 0.411 e. The molecule has 38 heavy (non-hydrogen) atoms. The van der Waals surface area contributed by atoms with Crippen LogP contribution in [0, 0.1) is 12.7 Å². The molecule has 0 saturated carbocycles. The van der Waals surface area contributed by atoms with E-state index in [9.17, 15) is 9.18 Å². The Balaban J connectivity index is 1.21. The van der Waals surface area contributed by atoms with E-state index in [4.69, 9.17) is 4.74 Å². The second kappa shape index (κ2) is 10.1. The summed E-state index contributed by atoms with van der Waals surface area (Å²) in [5, 5.41) is 19.2. The zero-order valence-electron chi connectivity index (χ0n) is 20.8. The van der Waals surface area contributed by atoms with Crippen LogP contribution in [0.3, 0.4) is 0 Å². The number of amides is 1. The maximum absolute atomic E-state index is 13.6. The van der Waals surface area contributed by atoms with E-state index < -0.39 is 6.09 Å². The molecule has 11 heteroatoms. The van der Waals surface area contributed by atoms with Gasteiger partial charge in [0, 0.05) is 16.6 Å². The number of rotatable bonds is 6. The van der Waals surface area contributed by atoms with E-state index in [1.807, 2.05) is 35.9 Å². The Bertz CT molecular complexity index is 1620. The van der Waals surface area contributed by atoms with Crippen LogP contribution in [0.1, 0.15) is 24.0 Å². The Morgan fingerprint density at radius 3 is 2.89 bits per heavy atom. The molecule has 1 aliphatic heterocycles. The molecule has 6 rings (SSSR count). The van der Waals surface area contributed by atoms with Crippen LogP contribution >= 0.6 is 0 Å². The van der Waals surface area contributed by atoms with Crippen molar-refractivity contribution in [3.8, 4) is 0 Å². The van der Waals surface area contributed by atoms with Gasteiger partial charge in [0.05, 0.1) is 30.1 Å². The largest absolute Gasteiger partial charge is 0.446 e. The second-order valence-corrected chi connectivity index (χ2v) is 9.38. The lowest BCUT2D eigenvalue weighted by Crippen LogP contribution is -2.34. The number of nitrogens with zero attached hydrogens (tertiary/aromatic N) is 5. The van der Waals surface area contributed by atoms with Crippen molar-refractivity contribution in [2.24, 2.45) is 0 Å². The van der Waals surface area contributed by atoms with Crippen molar-refractivity contribution in [3.05, 3.63) is 78.1 Å². The van der Waals surface area contributed by atoms with Crippen LogP contribution in [0.25, 0.3) is 16.4 Å². The molecule has 0 radical (unpaired) electrons. The second-order valence-electron chi connectivity index (χ2n) is 9.38. The number of carbonyl (C=O) groups excluding carboxylic acids is 1. The van der Waals surface area contributed by atoms with Crippen LogP contribution in [-0.2, 0) is 11.3 Å². The van der Waals surface area contributed by atoms with Crippen molar-refractivity contribution < 1.29 is 13.9 Å². The van der Waals surface area contributed by atoms with Gasteiger partial charge >= 0.3 is 6.09 Å². The Morgan fingerprint density at radius 1 is 1.18 bits per heavy atom. The molecule has 1 aliphatic rings. The van der Waals surface area contributed by atoms with Gasteiger partial charge < -0.3 is 15.4 Å². The number of piperidine rings is 1. The molecular formula is C27H27FN8O2. The van der Waals surface area contributed by atoms with Crippen LogP contribution in [0.2, 0.25) is 0 Å². The summed E-state index contributed by atoms with van der Waals surface area (Å²) in [6, 6.07) is 12.4. The molecule has 10 nitrogen and oxygen atoms in total. The van der Waals surface area contributed by atoms with E-state index >= 15 is 0 Å². The molecule has 1 amide bonds. The van der Waals surface area contributed by atoms with Crippen LogP contribution in [-0.4, -0.2) is 49.7 Å². The minimum atomic E-state index is -0.473. The van der Waals surface area contributed by atoms with E-state index in [0.29, 0.717) is 18.1 Å². The minimum absolute atomic E-state index is 0.0845. The number of aryl methyl sites for hydroxylation is 1. The summed E-state index contributed by atoms with van der Waals surface area (Å²) in [6.07, 6.45) is 6.05. The van der Waals surface area contributed by atoms with E-state index in [-0.39, 0.29) is 11.9 Å². The lowest BCUT2D eigenvalue weighted by molar-refractivity contribution is 0.0909. The third-order valence-corrected chi connectivity index (χ3v) is 6.75. The number of aromatic nitrogens is 5. The maximum atomic E-state index is 13.6. The minimum Gasteiger partial charge on any atom is -0.446 e. The summed E-state index contributed by atoms with van der Waals surface area (Å²) in [6.45, 7) is 4.07. The van der Waals surface area contributed by atoms with Crippen LogP contribution in [0.4, 0.5) is 26.4 Å². The normalized spacial score (nSPS) is 14.2. The number of fused-ring (bicyclic) bond motifs is 2. The summed E-state index contributed by atoms with van der Waals surface area (Å²) < 4.78 is 22.7. The average molecular weight is 515 g/mol. The zero-order valence-corrected chi connectivity index (χ0v) is 20.8. The fourth-order valence-electron chi connectivity index (χ4n) is 4.82. The molecule has 4 heterocycles. The highest BCUT2D eigenvalue weighted by Crippen LogP contribution is 2.29. The number of carbonyl (C=O) groups is 1. The maximum Gasteiger partial charge on any atom is 0.411 e.